The van der Waals surface area contributed by atoms with Gasteiger partial charge in [-0.2, -0.15) is 4.31 Å². The molecular formula is C16H25N3O4S. The lowest BCUT2D eigenvalue weighted by molar-refractivity contribution is -0.124. The maximum atomic E-state index is 12.6. The number of nitrogens with two attached hydrogens (primary N) is 1. The van der Waals surface area contributed by atoms with Gasteiger partial charge in [0.25, 0.3) is 0 Å². The van der Waals surface area contributed by atoms with Crippen molar-refractivity contribution in [1.82, 2.24) is 9.62 Å². The number of nitrogens with zero attached hydrogens (tertiary/aromatic N) is 1. The zero-order valence-corrected chi connectivity index (χ0v) is 14.7. The van der Waals surface area contributed by atoms with Crippen molar-refractivity contribution in [2.75, 3.05) is 32.8 Å². The highest BCUT2D eigenvalue weighted by Crippen LogP contribution is 2.16. The summed E-state index contributed by atoms with van der Waals surface area (Å²) in [5.74, 6) is -0.483. The number of amides is 1. The first-order valence-electron chi connectivity index (χ1n) is 8.04. The maximum absolute atomic E-state index is 12.6. The van der Waals surface area contributed by atoms with Gasteiger partial charge in [0.05, 0.1) is 19.0 Å². The second-order valence-corrected chi connectivity index (χ2v) is 7.86. The highest BCUT2D eigenvalue weighted by atomic mass is 32.2. The van der Waals surface area contributed by atoms with Crippen molar-refractivity contribution in [3.63, 3.8) is 0 Å². The third kappa shape index (κ3) is 5.01. The summed E-state index contributed by atoms with van der Waals surface area (Å²) in [5.41, 5.74) is 6.98. The average molecular weight is 355 g/mol. The van der Waals surface area contributed by atoms with E-state index >= 15 is 0 Å². The first-order valence-corrected chi connectivity index (χ1v) is 9.65. The lowest BCUT2D eigenvalue weighted by Gasteiger charge is -2.26. The lowest BCUT2D eigenvalue weighted by Crippen LogP contribution is -2.41. The minimum Gasteiger partial charge on any atom is -0.379 e. The lowest BCUT2D eigenvalue weighted by atomic mass is 10.1. The Morgan fingerprint density at radius 3 is 2.54 bits per heavy atom. The summed E-state index contributed by atoms with van der Waals surface area (Å²) in [4.78, 5) is 11.9. The number of hydrogen-bond donors (Lipinski definition) is 2. The standard InChI is InChI=1S/C16H25N3O4S/c1-13(10-17)16(20)18-11-14-4-2-3-5-15(14)12-24(21,22)19-6-8-23-9-7-19/h2-5,13H,6-12,17H2,1H3,(H,18,20). The van der Waals surface area contributed by atoms with Crippen LogP contribution in [0.5, 0.6) is 0 Å². The quantitative estimate of drug-likeness (QED) is 0.720. The second kappa shape index (κ2) is 8.57. The molecule has 134 valence electrons. The number of hydrogen-bond acceptors (Lipinski definition) is 5. The van der Waals surface area contributed by atoms with Crippen molar-refractivity contribution >= 4 is 15.9 Å². The van der Waals surface area contributed by atoms with Crippen LogP contribution in [0.25, 0.3) is 0 Å². The van der Waals surface area contributed by atoms with E-state index in [1.54, 1.807) is 19.1 Å². The molecule has 2 rings (SSSR count). The van der Waals surface area contributed by atoms with Crippen molar-refractivity contribution in [2.24, 2.45) is 11.7 Å². The van der Waals surface area contributed by atoms with Gasteiger partial charge in [-0.25, -0.2) is 8.42 Å². The molecule has 1 aliphatic heterocycles. The fourth-order valence-electron chi connectivity index (χ4n) is 2.45. The molecule has 0 saturated carbocycles. The van der Waals surface area contributed by atoms with Gasteiger partial charge in [-0.15, -0.1) is 0 Å². The van der Waals surface area contributed by atoms with Gasteiger partial charge < -0.3 is 15.8 Å². The minimum absolute atomic E-state index is 0.0779. The number of rotatable bonds is 7. The van der Waals surface area contributed by atoms with Crippen molar-refractivity contribution in [3.05, 3.63) is 35.4 Å². The Morgan fingerprint density at radius 2 is 1.92 bits per heavy atom. The van der Waals surface area contributed by atoms with Crippen LogP contribution >= 0.6 is 0 Å². The zero-order chi connectivity index (χ0) is 17.6. The number of ether oxygens (including phenoxy) is 1. The molecule has 1 aromatic rings. The molecule has 8 heteroatoms. The van der Waals surface area contributed by atoms with Gasteiger partial charge in [-0.3, -0.25) is 4.79 Å². The fraction of sp³-hybridized carbons (Fsp3) is 0.562. The molecule has 1 saturated heterocycles. The Labute approximate surface area is 143 Å². The van der Waals surface area contributed by atoms with Crippen LogP contribution in [0.4, 0.5) is 0 Å². The Kier molecular flexibility index (Phi) is 6.73. The Morgan fingerprint density at radius 1 is 1.29 bits per heavy atom. The van der Waals surface area contributed by atoms with E-state index in [0.717, 1.165) is 5.56 Å². The van der Waals surface area contributed by atoms with Crippen LogP contribution in [0.3, 0.4) is 0 Å². The summed E-state index contributed by atoms with van der Waals surface area (Å²) >= 11 is 0. The summed E-state index contributed by atoms with van der Waals surface area (Å²) < 4.78 is 31.8. The summed E-state index contributed by atoms with van der Waals surface area (Å²) in [6.45, 7) is 3.94. The van der Waals surface area contributed by atoms with E-state index in [0.29, 0.717) is 31.9 Å². The summed E-state index contributed by atoms with van der Waals surface area (Å²) in [7, 11) is -3.40. The highest BCUT2D eigenvalue weighted by molar-refractivity contribution is 7.88. The van der Waals surface area contributed by atoms with E-state index in [1.807, 2.05) is 12.1 Å². The monoisotopic (exact) mass is 355 g/mol. The van der Waals surface area contributed by atoms with Gasteiger partial charge in [-0.1, -0.05) is 31.2 Å². The fourth-order valence-corrected chi connectivity index (χ4v) is 4.01. The molecule has 1 aromatic carbocycles. The normalized spacial score (nSPS) is 17.4. The van der Waals surface area contributed by atoms with Crippen LogP contribution in [0, 0.1) is 5.92 Å². The summed E-state index contributed by atoms with van der Waals surface area (Å²) in [6.07, 6.45) is 0. The van der Waals surface area contributed by atoms with Crippen LogP contribution in [0.1, 0.15) is 18.1 Å². The third-order valence-corrected chi connectivity index (χ3v) is 5.90. The van der Waals surface area contributed by atoms with Crippen LogP contribution in [0.15, 0.2) is 24.3 Å². The van der Waals surface area contributed by atoms with Gasteiger partial charge in [-0.05, 0) is 11.1 Å². The molecule has 0 spiro atoms. The molecular weight excluding hydrogens is 330 g/mol. The predicted molar refractivity (Wildman–Crippen MR) is 91.5 cm³/mol. The molecule has 3 N–H and O–H groups in total. The second-order valence-electron chi connectivity index (χ2n) is 5.89. The van der Waals surface area contributed by atoms with E-state index in [2.05, 4.69) is 5.32 Å². The first kappa shape index (κ1) is 18.9. The zero-order valence-electron chi connectivity index (χ0n) is 13.9. The Hall–Kier alpha value is -1.48. The van der Waals surface area contributed by atoms with Gasteiger partial charge in [0.15, 0.2) is 0 Å². The number of nitrogens with one attached hydrogen (secondary N) is 1. The number of morpholine rings is 1. The van der Waals surface area contributed by atoms with Crippen LogP contribution in [0.2, 0.25) is 0 Å². The van der Waals surface area contributed by atoms with E-state index in [-0.39, 0.29) is 30.7 Å². The van der Waals surface area contributed by atoms with Crippen molar-refractivity contribution < 1.29 is 17.9 Å². The summed E-state index contributed by atoms with van der Waals surface area (Å²) in [5, 5.41) is 2.81. The molecule has 0 aliphatic carbocycles. The average Bonchev–Trinajstić information content (AvgIpc) is 2.60. The SMILES string of the molecule is CC(CN)C(=O)NCc1ccccc1CS(=O)(=O)N1CCOCC1. The third-order valence-electron chi connectivity index (χ3n) is 4.07. The predicted octanol–water partition coefficient (Wildman–Crippen LogP) is 0.0596. The molecule has 1 unspecified atom stereocenters. The largest absolute Gasteiger partial charge is 0.379 e. The molecule has 0 radical (unpaired) electrons. The van der Waals surface area contributed by atoms with Crippen molar-refractivity contribution in [2.45, 2.75) is 19.2 Å². The minimum atomic E-state index is -3.40. The van der Waals surface area contributed by atoms with Crippen LogP contribution < -0.4 is 11.1 Å². The molecule has 1 amide bonds. The summed E-state index contributed by atoms with van der Waals surface area (Å²) in [6, 6.07) is 7.25. The van der Waals surface area contributed by atoms with Crippen molar-refractivity contribution in [1.29, 1.82) is 0 Å². The first-order chi connectivity index (χ1) is 11.4. The van der Waals surface area contributed by atoms with Gasteiger partial charge in [0.1, 0.15) is 0 Å². The van der Waals surface area contributed by atoms with Gasteiger partial charge in [0, 0.05) is 32.1 Å². The molecule has 0 bridgehead atoms. The van der Waals surface area contributed by atoms with Gasteiger partial charge in [0.2, 0.25) is 15.9 Å². The highest BCUT2D eigenvalue weighted by Gasteiger charge is 2.25. The molecule has 7 nitrogen and oxygen atoms in total. The van der Waals surface area contributed by atoms with E-state index in [4.69, 9.17) is 10.5 Å². The topological polar surface area (TPSA) is 102 Å². The number of carbonyl (C=O) groups excluding carboxylic acids is 1. The Balaban J connectivity index is 2.06. The van der Waals surface area contributed by atoms with Crippen molar-refractivity contribution in [3.8, 4) is 0 Å². The van der Waals surface area contributed by atoms with E-state index < -0.39 is 10.0 Å². The molecule has 0 aromatic heterocycles. The van der Waals surface area contributed by atoms with E-state index in [1.165, 1.54) is 4.31 Å². The molecule has 1 atom stereocenters. The smallest absolute Gasteiger partial charge is 0.224 e. The molecule has 1 heterocycles. The number of sulfonamides is 1. The Bertz CT molecular complexity index is 657. The molecule has 1 fully saturated rings. The van der Waals surface area contributed by atoms with Gasteiger partial charge >= 0.3 is 0 Å². The molecule has 1 aliphatic rings. The number of benzene rings is 1. The van der Waals surface area contributed by atoms with E-state index in [9.17, 15) is 13.2 Å². The number of carbonyl (C=O) groups is 1. The van der Waals surface area contributed by atoms with Crippen LogP contribution in [-0.4, -0.2) is 51.5 Å². The van der Waals surface area contributed by atoms with Crippen LogP contribution in [-0.2, 0) is 31.9 Å². The molecule has 24 heavy (non-hydrogen) atoms. The maximum Gasteiger partial charge on any atom is 0.224 e.